The highest BCUT2D eigenvalue weighted by atomic mass is 15.2. The Morgan fingerprint density at radius 1 is 1.15 bits per heavy atom. The average Bonchev–Trinajstić information content (AvgIpc) is 2.69. The van der Waals surface area contributed by atoms with Gasteiger partial charge in [0.15, 0.2) is 0 Å². The molecule has 1 aliphatic rings. The predicted octanol–water partition coefficient (Wildman–Crippen LogP) is 1.17. The highest BCUT2D eigenvalue weighted by Gasteiger charge is 2.08. The lowest BCUT2D eigenvalue weighted by Crippen LogP contribution is -2.32. The van der Waals surface area contributed by atoms with E-state index in [2.05, 4.69) is 20.6 Å². The number of hydrogen-bond acceptors (Lipinski definition) is 2. The molecule has 0 aromatic carbocycles. The average molecular weight is 178 g/mol. The number of piperidine rings is 1. The molecular formula is C10H16N3. The van der Waals surface area contributed by atoms with Gasteiger partial charge in [0.2, 0.25) is 0 Å². The zero-order chi connectivity index (χ0) is 8.93. The second kappa shape index (κ2) is 4.42. The van der Waals surface area contributed by atoms with Crippen LogP contribution in [0, 0.1) is 6.20 Å². The van der Waals surface area contributed by atoms with E-state index in [-0.39, 0.29) is 0 Å². The molecule has 1 saturated heterocycles. The van der Waals surface area contributed by atoms with E-state index in [0.717, 1.165) is 13.1 Å². The molecule has 0 aliphatic carbocycles. The molecule has 0 unspecified atom stereocenters. The number of hydrogen-bond donors (Lipinski definition) is 0. The van der Waals surface area contributed by atoms with Crippen LogP contribution in [0.15, 0.2) is 12.5 Å². The topological polar surface area (TPSA) is 21.1 Å². The monoisotopic (exact) mass is 178 g/mol. The van der Waals surface area contributed by atoms with Gasteiger partial charge in [0.05, 0.1) is 6.33 Å². The lowest BCUT2D eigenvalue weighted by atomic mass is 10.1. The Hall–Kier alpha value is -0.830. The van der Waals surface area contributed by atoms with E-state index >= 15 is 0 Å². The molecule has 0 spiro atoms. The van der Waals surface area contributed by atoms with Crippen LogP contribution in [0.25, 0.3) is 0 Å². The van der Waals surface area contributed by atoms with E-state index in [1.54, 1.807) is 0 Å². The Balaban J connectivity index is 1.72. The van der Waals surface area contributed by atoms with Crippen molar-refractivity contribution in [2.24, 2.45) is 0 Å². The Kier molecular flexibility index (Phi) is 2.98. The molecular weight excluding hydrogens is 162 g/mol. The fourth-order valence-corrected chi connectivity index (χ4v) is 1.81. The summed E-state index contributed by atoms with van der Waals surface area (Å²) in [5.41, 5.74) is 0. The van der Waals surface area contributed by atoms with Crippen molar-refractivity contribution in [1.82, 2.24) is 14.5 Å². The summed E-state index contributed by atoms with van der Waals surface area (Å²) in [6.07, 6.45) is 10.7. The van der Waals surface area contributed by atoms with Crippen molar-refractivity contribution in [2.75, 3.05) is 19.6 Å². The van der Waals surface area contributed by atoms with Gasteiger partial charge in [-0.25, -0.2) is 4.98 Å². The summed E-state index contributed by atoms with van der Waals surface area (Å²) in [6, 6.07) is 0. The quantitative estimate of drug-likeness (QED) is 0.692. The molecule has 2 heterocycles. The summed E-state index contributed by atoms with van der Waals surface area (Å²) < 4.78 is 2.09. The summed E-state index contributed by atoms with van der Waals surface area (Å²) in [5.74, 6) is 0. The van der Waals surface area contributed by atoms with E-state index in [1.807, 2.05) is 12.5 Å². The predicted molar refractivity (Wildman–Crippen MR) is 51.4 cm³/mol. The van der Waals surface area contributed by atoms with E-state index in [0.29, 0.717) is 0 Å². The van der Waals surface area contributed by atoms with Crippen LogP contribution >= 0.6 is 0 Å². The van der Waals surface area contributed by atoms with Crippen LogP contribution in [0.3, 0.4) is 0 Å². The molecule has 1 aromatic rings. The largest absolute Gasteiger partial charge is 0.335 e. The molecule has 1 radical (unpaired) electrons. The van der Waals surface area contributed by atoms with Crippen molar-refractivity contribution >= 4 is 0 Å². The standard InChI is InChI=1S/C10H16N3/c1-2-5-12(6-3-1)8-9-13-7-4-11-10-13/h7,10H,1-3,5-6,8-9H2. The van der Waals surface area contributed by atoms with Gasteiger partial charge < -0.3 is 9.47 Å². The van der Waals surface area contributed by atoms with E-state index < -0.39 is 0 Å². The van der Waals surface area contributed by atoms with Gasteiger partial charge in [0.25, 0.3) is 0 Å². The molecule has 3 heteroatoms. The van der Waals surface area contributed by atoms with Crippen molar-refractivity contribution in [3.8, 4) is 0 Å². The molecule has 0 amide bonds. The Labute approximate surface area is 79.4 Å². The molecule has 0 N–H and O–H groups in total. The number of aromatic nitrogens is 2. The molecule has 71 valence electrons. The lowest BCUT2D eigenvalue weighted by Gasteiger charge is -2.26. The van der Waals surface area contributed by atoms with Crippen LogP contribution < -0.4 is 0 Å². The second-order valence-corrected chi connectivity index (χ2v) is 3.64. The zero-order valence-electron chi connectivity index (χ0n) is 7.95. The summed E-state index contributed by atoms with van der Waals surface area (Å²) in [6.45, 7) is 4.76. The van der Waals surface area contributed by atoms with Gasteiger partial charge in [-0.2, -0.15) is 0 Å². The number of likely N-dealkylation sites (tertiary alicyclic amines) is 1. The number of nitrogens with zero attached hydrogens (tertiary/aromatic N) is 3. The van der Waals surface area contributed by atoms with Crippen LogP contribution in [0.4, 0.5) is 0 Å². The van der Waals surface area contributed by atoms with Crippen molar-refractivity contribution in [2.45, 2.75) is 25.8 Å². The fourth-order valence-electron chi connectivity index (χ4n) is 1.81. The minimum Gasteiger partial charge on any atom is -0.335 e. The second-order valence-electron chi connectivity index (χ2n) is 3.64. The van der Waals surface area contributed by atoms with Gasteiger partial charge in [0, 0.05) is 19.3 Å². The smallest absolute Gasteiger partial charge is 0.108 e. The third kappa shape index (κ3) is 2.56. The first-order chi connectivity index (χ1) is 6.45. The molecule has 1 aliphatic heterocycles. The number of rotatable bonds is 3. The normalized spacial score (nSPS) is 19.1. The molecule has 1 fully saturated rings. The molecule has 0 bridgehead atoms. The molecule has 3 nitrogen and oxygen atoms in total. The van der Waals surface area contributed by atoms with Crippen LogP contribution in [0.1, 0.15) is 19.3 Å². The van der Waals surface area contributed by atoms with E-state index in [4.69, 9.17) is 0 Å². The molecule has 0 atom stereocenters. The highest BCUT2D eigenvalue weighted by molar-refractivity contribution is 4.73. The first-order valence-corrected chi connectivity index (χ1v) is 5.05. The lowest BCUT2D eigenvalue weighted by molar-refractivity contribution is 0.221. The first kappa shape index (κ1) is 8.75. The van der Waals surface area contributed by atoms with Crippen molar-refractivity contribution in [3.05, 3.63) is 18.7 Å². The van der Waals surface area contributed by atoms with Crippen molar-refractivity contribution < 1.29 is 0 Å². The third-order valence-corrected chi connectivity index (χ3v) is 2.63. The van der Waals surface area contributed by atoms with Crippen LogP contribution in [0.2, 0.25) is 0 Å². The van der Waals surface area contributed by atoms with E-state index in [1.165, 1.54) is 32.4 Å². The number of imidazole rings is 1. The van der Waals surface area contributed by atoms with E-state index in [9.17, 15) is 0 Å². The van der Waals surface area contributed by atoms with Crippen molar-refractivity contribution in [1.29, 1.82) is 0 Å². The minimum atomic E-state index is 1.05. The maximum Gasteiger partial charge on any atom is 0.108 e. The van der Waals surface area contributed by atoms with Crippen molar-refractivity contribution in [3.63, 3.8) is 0 Å². The molecule has 2 rings (SSSR count). The van der Waals surface area contributed by atoms with Gasteiger partial charge in [0.1, 0.15) is 6.20 Å². The van der Waals surface area contributed by atoms with Gasteiger partial charge in [-0.1, -0.05) is 6.42 Å². The van der Waals surface area contributed by atoms with Gasteiger partial charge in [-0.05, 0) is 25.9 Å². The minimum absolute atomic E-state index is 1.05. The summed E-state index contributed by atoms with van der Waals surface area (Å²) in [7, 11) is 0. The molecule has 0 saturated carbocycles. The summed E-state index contributed by atoms with van der Waals surface area (Å²) in [4.78, 5) is 6.44. The summed E-state index contributed by atoms with van der Waals surface area (Å²) >= 11 is 0. The Bertz CT molecular complexity index is 224. The Morgan fingerprint density at radius 2 is 2.00 bits per heavy atom. The van der Waals surface area contributed by atoms with Crippen LogP contribution in [-0.4, -0.2) is 34.1 Å². The van der Waals surface area contributed by atoms with Gasteiger partial charge >= 0.3 is 0 Å². The molecule has 13 heavy (non-hydrogen) atoms. The highest BCUT2D eigenvalue weighted by Crippen LogP contribution is 2.07. The SMILES string of the molecule is [c]1cn(CCN2CCCCC2)cn1. The third-order valence-electron chi connectivity index (χ3n) is 2.63. The maximum absolute atomic E-state index is 3.91. The van der Waals surface area contributed by atoms with Crippen LogP contribution in [0.5, 0.6) is 0 Å². The summed E-state index contributed by atoms with van der Waals surface area (Å²) in [5, 5.41) is 0. The Morgan fingerprint density at radius 3 is 2.69 bits per heavy atom. The fraction of sp³-hybridized carbons (Fsp3) is 0.700. The maximum atomic E-state index is 3.91. The van der Waals surface area contributed by atoms with Crippen LogP contribution in [-0.2, 0) is 6.54 Å². The van der Waals surface area contributed by atoms with Gasteiger partial charge in [-0.3, -0.25) is 0 Å². The molecule has 1 aromatic heterocycles. The van der Waals surface area contributed by atoms with Gasteiger partial charge in [-0.15, -0.1) is 0 Å². The zero-order valence-corrected chi connectivity index (χ0v) is 7.95. The first-order valence-electron chi connectivity index (χ1n) is 5.05.